The van der Waals surface area contributed by atoms with Crippen molar-refractivity contribution in [1.29, 1.82) is 0 Å². The van der Waals surface area contributed by atoms with E-state index in [0.717, 1.165) is 5.56 Å². The predicted octanol–water partition coefficient (Wildman–Crippen LogP) is 4.86. The Kier molecular flexibility index (Phi) is 7.86. The number of nitrogens with one attached hydrogen (secondary N) is 2. The second kappa shape index (κ2) is 11.4. The molecule has 2 aliphatic rings. The van der Waals surface area contributed by atoms with Crippen molar-refractivity contribution >= 4 is 45.3 Å². The van der Waals surface area contributed by atoms with Gasteiger partial charge in [0.1, 0.15) is 12.3 Å². The Balaban J connectivity index is 1.74. The van der Waals surface area contributed by atoms with Crippen molar-refractivity contribution in [3.63, 3.8) is 0 Å². The molecular formula is C31H30BrN3O6. The zero-order valence-electron chi connectivity index (χ0n) is 22.8. The summed E-state index contributed by atoms with van der Waals surface area (Å²) in [4.78, 5) is 56.5. The van der Waals surface area contributed by atoms with Gasteiger partial charge in [0.25, 0.3) is 5.91 Å². The molecule has 5 rings (SSSR count). The summed E-state index contributed by atoms with van der Waals surface area (Å²) in [5.41, 5.74) is 0.487. The van der Waals surface area contributed by atoms with E-state index in [1.54, 1.807) is 68.6 Å². The van der Waals surface area contributed by atoms with Crippen LogP contribution in [0.15, 0.2) is 77.3 Å². The number of esters is 1. The zero-order valence-corrected chi connectivity index (χ0v) is 24.4. The number of carbonyl (C=O) groups is 4. The summed E-state index contributed by atoms with van der Waals surface area (Å²) in [5.74, 6) is -2.33. The molecule has 3 amide bonds. The lowest BCUT2D eigenvalue weighted by atomic mass is 9.69. The van der Waals surface area contributed by atoms with E-state index in [9.17, 15) is 19.2 Å². The molecule has 4 unspecified atom stereocenters. The number of rotatable bonds is 7. The first-order chi connectivity index (χ1) is 19.7. The molecule has 1 spiro atoms. The van der Waals surface area contributed by atoms with Crippen LogP contribution >= 0.6 is 15.9 Å². The van der Waals surface area contributed by atoms with Crippen LogP contribution in [0.3, 0.4) is 0 Å². The number of amides is 3. The third-order valence-electron chi connectivity index (χ3n) is 7.85. The summed E-state index contributed by atoms with van der Waals surface area (Å²) < 4.78 is 11.0. The lowest BCUT2D eigenvalue weighted by molar-refractivity contribution is -0.141. The van der Waals surface area contributed by atoms with E-state index in [4.69, 9.17) is 9.47 Å². The van der Waals surface area contributed by atoms with Crippen molar-refractivity contribution in [2.24, 2.45) is 5.92 Å². The number of hydrogen-bond donors (Lipinski definition) is 2. The molecular weight excluding hydrogens is 590 g/mol. The third-order valence-corrected chi connectivity index (χ3v) is 8.35. The average molecular weight is 621 g/mol. The van der Waals surface area contributed by atoms with E-state index >= 15 is 0 Å². The van der Waals surface area contributed by atoms with E-state index < -0.39 is 41.3 Å². The van der Waals surface area contributed by atoms with E-state index in [1.807, 2.05) is 25.1 Å². The van der Waals surface area contributed by atoms with Gasteiger partial charge in [-0.05, 0) is 49.7 Å². The van der Waals surface area contributed by atoms with Gasteiger partial charge >= 0.3 is 12.0 Å². The molecule has 9 nitrogen and oxygen atoms in total. The summed E-state index contributed by atoms with van der Waals surface area (Å²) in [6.45, 7) is 3.27. The van der Waals surface area contributed by atoms with Crippen LogP contribution < -0.4 is 15.4 Å². The van der Waals surface area contributed by atoms with Gasteiger partial charge in [0, 0.05) is 33.2 Å². The van der Waals surface area contributed by atoms with Crippen LogP contribution in [-0.2, 0) is 19.9 Å². The minimum atomic E-state index is -1.71. The Morgan fingerprint density at radius 3 is 2.41 bits per heavy atom. The van der Waals surface area contributed by atoms with Crippen LogP contribution in [0.1, 0.15) is 41.3 Å². The standard InChI is InChI=1S/C31H30BrN3O6/c1-4-41-25(36)17-33-30(39)35-18(2)26(19-10-13-22(40-3)14-11-19)27(28(37)20-8-6-5-7-9-20)31(35)23-16-21(32)12-15-24(23)34-29(31)38/h5-16,18,26-27H,4,17H2,1-3H3,(H,33,39)(H,34,38). The number of hydrogen-bond acceptors (Lipinski definition) is 6. The van der Waals surface area contributed by atoms with Crippen molar-refractivity contribution in [3.8, 4) is 5.75 Å². The molecule has 0 saturated carbocycles. The molecule has 1 saturated heterocycles. The average Bonchev–Trinajstić information content (AvgIpc) is 3.42. The molecule has 1 fully saturated rings. The van der Waals surface area contributed by atoms with Gasteiger partial charge in [-0.15, -0.1) is 0 Å². The minimum Gasteiger partial charge on any atom is -0.497 e. The molecule has 0 aromatic heterocycles. The summed E-state index contributed by atoms with van der Waals surface area (Å²) >= 11 is 3.51. The number of ether oxygens (including phenoxy) is 2. The Morgan fingerprint density at radius 1 is 1.05 bits per heavy atom. The van der Waals surface area contributed by atoms with Crippen LogP contribution in [0.5, 0.6) is 5.75 Å². The van der Waals surface area contributed by atoms with Gasteiger partial charge in [-0.1, -0.05) is 58.4 Å². The quantitative estimate of drug-likeness (QED) is 0.288. The molecule has 0 aliphatic carbocycles. The van der Waals surface area contributed by atoms with Gasteiger partial charge in [0.15, 0.2) is 11.3 Å². The number of urea groups is 1. The molecule has 212 valence electrons. The number of methoxy groups -OCH3 is 1. The summed E-state index contributed by atoms with van der Waals surface area (Å²) in [7, 11) is 1.57. The Bertz CT molecular complexity index is 1500. The molecule has 2 heterocycles. The number of anilines is 1. The van der Waals surface area contributed by atoms with Gasteiger partial charge < -0.3 is 25.0 Å². The monoisotopic (exact) mass is 619 g/mol. The molecule has 0 bridgehead atoms. The number of likely N-dealkylation sites (tertiary alicyclic amines) is 1. The minimum absolute atomic E-state index is 0.162. The summed E-state index contributed by atoms with van der Waals surface area (Å²) in [6, 6.07) is 20.1. The highest BCUT2D eigenvalue weighted by molar-refractivity contribution is 9.10. The first kappa shape index (κ1) is 28.4. The number of fused-ring (bicyclic) bond motifs is 2. The summed E-state index contributed by atoms with van der Waals surface area (Å²) in [6.07, 6.45) is 0. The first-order valence-corrected chi connectivity index (χ1v) is 14.1. The van der Waals surface area contributed by atoms with Crippen molar-refractivity contribution in [2.75, 3.05) is 25.6 Å². The van der Waals surface area contributed by atoms with Crippen molar-refractivity contribution < 1.29 is 28.7 Å². The number of benzene rings is 3. The van der Waals surface area contributed by atoms with E-state index in [-0.39, 0.29) is 18.9 Å². The molecule has 3 aromatic rings. The first-order valence-electron chi connectivity index (χ1n) is 13.3. The second-order valence-corrected chi connectivity index (χ2v) is 10.9. The largest absolute Gasteiger partial charge is 0.497 e. The number of halogens is 1. The second-order valence-electron chi connectivity index (χ2n) is 9.99. The maximum Gasteiger partial charge on any atom is 0.325 e. The van der Waals surface area contributed by atoms with Crippen LogP contribution in [0.4, 0.5) is 10.5 Å². The van der Waals surface area contributed by atoms with E-state index in [2.05, 4.69) is 26.6 Å². The Hall–Kier alpha value is -4.18. The number of carbonyl (C=O) groups excluding carboxylic acids is 4. The number of Topliss-reactive ketones (excluding diaryl/α,β-unsaturated/α-hetero) is 1. The van der Waals surface area contributed by atoms with E-state index in [0.29, 0.717) is 27.0 Å². The van der Waals surface area contributed by atoms with Crippen LogP contribution in [0.25, 0.3) is 0 Å². The van der Waals surface area contributed by atoms with Crippen LogP contribution in [0.2, 0.25) is 0 Å². The van der Waals surface area contributed by atoms with Crippen LogP contribution in [0, 0.1) is 5.92 Å². The van der Waals surface area contributed by atoms with Crippen molar-refractivity contribution in [2.45, 2.75) is 31.3 Å². The van der Waals surface area contributed by atoms with E-state index in [1.165, 1.54) is 4.90 Å². The molecule has 0 radical (unpaired) electrons. The van der Waals surface area contributed by atoms with Crippen molar-refractivity contribution in [3.05, 3.63) is 94.0 Å². The molecule has 4 atom stereocenters. The fourth-order valence-corrected chi connectivity index (χ4v) is 6.58. The normalized spacial score (nSPS) is 22.7. The zero-order chi connectivity index (χ0) is 29.3. The van der Waals surface area contributed by atoms with Gasteiger partial charge in [0.2, 0.25) is 0 Å². The highest BCUT2D eigenvalue weighted by atomic mass is 79.9. The molecule has 41 heavy (non-hydrogen) atoms. The maximum absolute atomic E-state index is 14.6. The topological polar surface area (TPSA) is 114 Å². The molecule has 10 heteroatoms. The summed E-state index contributed by atoms with van der Waals surface area (Å²) in [5, 5.41) is 5.56. The van der Waals surface area contributed by atoms with Gasteiger partial charge in [-0.25, -0.2) is 4.79 Å². The number of ketones is 1. The predicted molar refractivity (Wildman–Crippen MR) is 156 cm³/mol. The lowest BCUT2D eigenvalue weighted by Crippen LogP contribution is -2.58. The smallest absolute Gasteiger partial charge is 0.325 e. The highest BCUT2D eigenvalue weighted by Crippen LogP contribution is 2.59. The third kappa shape index (κ3) is 4.76. The van der Waals surface area contributed by atoms with Crippen LogP contribution in [-0.4, -0.2) is 54.9 Å². The van der Waals surface area contributed by atoms with Gasteiger partial charge in [-0.3, -0.25) is 14.4 Å². The highest BCUT2D eigenvalue weighted by Gasteiger charge is 2.69. The Morgan fingerprint density at radius 2 is 1.76 bits per heavy atom. The molecule has 2 aliphatic heterocycles. The van der Waals surface area contributed by atoms with Crippen molar-refractivity contribution in [1.82, 2.24) is 10.2 Å². The fourth-order valence-electron chi connectivity index (χ4n) is 6.22. The number of nitrogens with zero attached hydrogens (tertiary/aromatic N) is 1. The van der Waals surface area contributed by atoms with Gasteiger partial charge in [0.05, 0.1) is 19.6 Å². The molecule has 3 aromatic carbocycles. The fraction of sp³-hybridized carbons (Fsp3) is 0.290. The lowest BCUT2D eigenvalue weighted by Gasteiger charge is -2.38. The van der Waals surface area contributed by atoms with Gasteiger partial charge in [-0.2, -0.15) is 0 Å². The maximum atomic E-state index is 14.6. The SMILES string of the molecule is CCOC(=O)CNC(=O)N1C(C)C(c2ccc(OC)cc2)C(C(=O)c2ccccc2)C12C(=O)Nc1ccc(Br)cc12. The Labute approximate surface area is 246 Å². The molecule has 2 N–H and O–H groups in total.